The van der Waals surface area contributed by atoms with E-state index in [4.69, 9.17) is 14.9 Å². The van der Waals surface area contributed by atoms with Gasteiger partial charge in [0.2, 0.25) is 0 Å². The number of carbonyl (C=O) groups is 1. The molecule has 0 radical (unpaired) electrons. The number of pyridine rings is 2. The molecule has 0 spiro atoms. The van der Waals surface area contributed by atoms with E-state index in [2.05, 4.69) is 46.5 Å². The van der Waals surface area contributed by atoms with E-state index in [1.807, 2.05) is 29.0 Å². The quantitative estimate of drug-likeness (QED) is 0.694. The molecule has 3 aromatic heterocycles. The van der Waals surface area contributed by atoms with Gasteiger partial charge in [0.15, 0.2) is 0 Å². The third kappa shape index (κ3) is 3.77. The first-order valence-electron chi connectivity index (χ1n) is 8.19. The van der Waals surface area contributed by atoms with Crippen LogP contribution in [0.25, 0.3) is 16.8 Å². The Morgan fingerprint density at radius 1 is 1.28 bits per heavy atom. The molecule has 25 heavy (non-hydrogen) atoms. The Balaban J connectivity index is 0.000000569. The number of fused-ring (bicyclic) bond motifs is 1. The third-order valence-electron chi connectivity index (χ3n) is 4.13. The maximum atomic E-state index is 8.36. The molecule has 3 aromatic rings. The Hall–Kier alpha value is -2.93. The van der Waals surface area contributed by atoms with Crippen LogP contribution in [0.3, 0.4) is 0 Å². The van der Waals surface area contributed by atoms with E-state index in [0.29, 0.717) is 6.04 Å². The SMILES string of the molecule is C[C@H]1CN(c2cccc(-c3cnn4ccccc34)n2)CCN1.O=CO. The summed E-state index contributed by atoms with van der Waals surface area (Å²) >= 11 is 0. The van der Waals surface area contributed by atoms with Crippen LogP contribution < -0.4 is 10.2 Å². The van der Waals surface area contributed by atoms with Gasteiger partial charge in [-0.2, -0.15) is 5.10 Å². The molecule has 0 saturated carbocycles. The zero-order valence-electron chi connectivity index (χ0n) is 14.0. The van der Waals surface area contributed by atoms with Gasteiger partial charge in [0.1, 0.15) is 5.82 Å². The van der Waals surface area contributed by atoms with Crippen molar-refractivity contribution in [2.45, 2.75) is 13.0 Å². The summed E-state index contributed by atoms with van der Waals surface area (Å²) in [5.41, 5.74) is 3.14. The molecule has 4 heterocycles. The van der Waals surface area contributed by atoms with Crippen LogP contribution in [0.2, 0.25) is 0 Å². The van der Waals surface area contributed by atoms with Crippen molar-refractivity contribution in [3.8, 4) is 11.3 Å². The van der Waals surface area contributed by atoms with Crippen LogP contribution in [-0.2, 0) is 4.79 Å². The van der Waals surface area contributed by atoms with Gasteiger partial charge >= 0.3 is 0 Å². The second kappa shape index (κ2) is 7.76. The topological polar surface area (TPSA) is 82.8 Å². The van der Waals surface area contributed by atoms with Crippen molar-refractivity contribution in [1.82, 2.24) is 19.9 Å². The third-order valence-corrected chi connectivity index (χ3v) is 4.13. The van der Waals surface area contributed by atoms with Gasteiger partial charge in [-0.15, -0.1) is 0 Å². The minimum atomic E-state index is -0.250. The zero-order chi connectivity index (χ0) is 17.6. The van der Waals surface area contributed by atoms with Gasteiger partial charge in [-0.25, -0.2) is 9.50 Å². The first-order chi connectivity index (χ1) is 12.2. The molecule has 1 saturated heterocycles. The van der Waals surface area contributed by atoms with Gasteiger partial charge < -0.3 is 15.3 Å². The fourth-order valence-corrected chi connectivity index (χ4v) is 3.02. The summed E-state index contributed by atoms with van der Waals surface area (Å²) in [5.74, 6) is 1.04. The fraction of sp³-hybridized carbons (Fsp3) is 0.278. The molecule has 0 amide bonds. The first kappa shape index (κ1) is 16.9. The number of carboxylic acid groups (broad SMARTS) is 1. The summed E-state index contributed by atoms with van der Waals surface area (Å²) in [6, 6.07) is 12.8. The molecule has 1 aliphatic rings. The Kier molecular flexibility index (Phi) is 5.25. The van der Waals surface area contributed by atoms with Crippen molar-refractivity contribution >= 4 is 17.8 Å². The molecule has 0 bridgehead atoms. The van der Waals surface area contributed by atoms with E-state index in [0.717, 1.165) is 42.2 Å². The van der Waals surface area contributed by atoms with Gasteiger partial charge in [-0.05, 0) is 31.2 Å². The second-order valence-electron chi connectivity index (χ2n) is 5.88. The van der Waals surface area contributed by atoms with E-state index >= 15 is 0 Å². The summed E-state index contributed by atoms with van der Waals surface area (Å²) in [7, 11) is 0. The largest absolute Gasteiger partial charge is 0.483 e. The van der Waals surface area contributed by atoms with E-state index in [9.17, 15) is 0 Å². The maximum Gasteiger partial charge on any atom is 0.290 e. The van der Waals surface area contributed by atoms with Gasteiger partial charge in [0.05, 0.1) is 17.4 Å². The van der Waals surface area contributed by atoms with Crippen molar-refractivity contribution < 1.29 is 9.90 Å². The van der Waals surface area contributed by atoms with Crippen LogP contribution in [-0.4, -0.2) is 51.9 Å². The highest BCUT2D eigenvalue weighted by Gasteiger charge is 2.17. The summed E-state index contributed by atoms with van der Waals surface area (Å²) in [5, 5.41) is 14.8. The second-order valence-corrected chi connectivity index (χ2v) is 5.88. The Labute approximate surface area is 145 Å². The van der Waals surface area contributed by atoms with Crippen molar-refractivity contribution in [3.63, 3.8) is 0 Å². The van der Waals surface area contributed by atoms with Gasteiger partial charge in [-0.1, -0.05) is 12.1 Å². The molecule has 4 rings (SSSR count). The van der Waals surface area contributed by atoms with Crippen molar-refractivity contribution in [2.24, 2.45) is 0 Å². The molecule has 1 fully saturated rings. The maximum absolute atomic E-state index is 8.36. The highest BCUT2D eigenvalue weighted by Crippen LogP contribution is 2.25. The standard InChI is InChI=1S/C17H19N5.CH2O2/c1-13-12-21(10-8-18-13)17-7-4-5-15(20-17)14-11-19-22-9-3-2-6-16(14)22;2-1-3/h2-7,9,11,13,18H,8,10,12H2,1H3;1H,(H,2,3)/t13-;/m0./s1. The first-order valence-corrected chi connectivity index (χ1v) is 8.19. The lowest BCUT2D eigenvalue weighted by atomic mass is 10.1. The minimum Gasteiger partial charge on any atom is -0.483 e. The van der Waals surface area contributed by atoms with E-state index < -0.39 is 0 Å². The predicted molar refractivity (Wildman–Crippen MR) is 96.8 cm³/mol. The Morgan fingerprint density at radius 3 is 2.92 bits per heavy atom. The molecule has 1 aliphatic heterocycles. The molecule has 7 heteroatoms. The predicted octanol–water partition coefficient (Wildman–Crippen LogP) is 1.90. The molecule has 0 aliphatic carbocycles. The molecule has 0 aromatic carbocycles. The average Bonchev–Trinajstić information content (AvgIpc) is 3.07. The van der Waals surface area contributed by atoms with Gasteiger partial charge in [0.25, 0.3) is 6.47 Å². The molecule has 130 valence electrons. The lowest BCUT2D eigenvalue weighted by Gasteiger charge is -2.32. The Morgan fingerprint density at radius 2 is 2.12 bits per heavy atom. The van der Waals surface area contributed by atoms with E-state index in [-0.39, 0.29) is 6.47 Å². The number of hydrogen-bond donors (Lipinski definition) is 2. The number of hydrogen-bond acceptors (Lipinski definition) is 5. The monoisotopic (exact) mass is 339 g/mol. The lowest BCUT2D eigenvalue weighted by Crippen LogP contribution is -2.49. The van der Waals surface area contributed by atoms with E-state index in [1.54, 1.807) is 0 Å². The van der Waals surface area contributed by atoms with Crippen molar-refractivity contribution in [1.29, 1.82) is 0 Å². The van der Waals surface area contributed by atoms with Crippen LogP contribution >= 0.6 is 0 Å². The smallest absolute Gasteiger partial charge is 0.290 e. The number of rotatable bonds is 2. The zero-order valence-corrected chi connectivity index (χ0v) is 14.0. The van der Waals surface area contributed by atoms with Crippen molar-refractivity contribution in [3.05, 3.63) is 48.8 Å². The number of aromatic nitrogens is 3. The summed E-state index contributed by atoms with van der Waals surface area (Å²) in [4.78, 5) is 15.6. The van der Waals surface area contributed by atoms with E-state index in [1.165, 1.54) is 0 Å². The normalized spacial score (nSPS) is 17.0. The summed E-state index contributed by atoms with van der Waals surface area (Å²) in [6.45, 7) is 4.95. The van der Waals surface area contributed by atoms with Crippen LogP contribution in [0.4, 0.5) is 5.82 Å². The highest BCUT2D eigenvalue weighted by atomic mass is 16.3. The number of piperazine rings is 1. The minimum absolute atomic E-state index is 0.250. The van der Waals surface area contributed by atoms with Crippen LogP contribution in [0.15, 0.2) is 48.8 Å². The molecule has 2 N–H and O–H groups in total. The summed E-state index contributed by atoms with van der Waals surface area (Å²) in [6.07, 6.45) is 3.85. The average molecular weight is 339 g/mol. The molecular weight excluding hydrogens is 318 g/mol. The summed E-state index contributed by atoms with van der Waals surface area (Å²) < 4.78 is 1.89. The molecule has 0 unspecified atom stereocenters. The number of nitrogens with one attached hydrogen (secondary N) is 1. The molecule has 1 atom stereocenters. The fourth-order valence-electron chi connectivity index (χ4n) is 3.02. The number of nitrogens with zero attached hydrogens (tertiary/aromatic N) is 4. The van der Waals surface area contributed by atoms with Crippen LogP contribution in [0.1, 0.15) is 6.92 Å². The van der Waals surface area contributed by atoms with Crippen LogP contribution in [0.5, 0.6) is 0 Å². The van der Waals surface area contributed by atoms with Crippen molar-refractivity contribution in [2.75, 3.05) is 24.5 Å². The van der Waals surface area contributed by atoms with Crippen LogP contribution in [0, 0.1) is 0 Å². The highest BCUT2D eigenvalue weighted by molar-refractivity contribution is 5.78. The van der Waals surface area contributed by atoms with Gasteiger partial charge in [0, 0.05) is 37.4 Å². The van der Waals surface area contributed by atoms with Gasteiger partial charge in [-0.3, -0.25) is 4.79 Å². The molecule has 7 nitrogen and oxygen atoms in total. The number of anilines is 1. The lowest BCUT2D eigenvalue weighted by molar-refractivity contribution is -0.122. The Bertz CT molecular complexity index is 848. The molecular formula is C18H21N5O2.